The molecule has 2 aromatic rings. The van der Waals surface area contributed by atoms with Gasteiger partial charge in [-0.2, -0.15) is 4.31 Å². The van der Waals surface area contributed by atoms with Crippen LogP contribution < -0.4 is 5.14 Å². The highest BCUT2D eigenvalue weighted by atomic mass is 79.9. The van der Waals surface area contributed by atoms with Gasteiger partial charge in [-0.05, 0) is 52.3 Å². The fourth-order valence-electron chi connectivity index (χ4n) is 1.72. The van der Waals surface area contributed by atoms with Crippen LogP contribution in [0.25, 0.3) is 0 Å². The Balaban J connectivity index is 2.26. The Labute approximate surface area is 141 Å². The predicted octanol–water partition coefficient (Wildman–Crippen LogP) is 1.98. The summed E-state index contributed by atoms with van der Waals surface area (Å²) < 4.78 is 49.4. The Bertz CT molecular complexity index is 873. The average molecular weight is 425 g/mol. The number of primary sulfonamides is 1. The number of nitrogens with two attached hydrogens (primary N) is 1. The number of halogens is 1. The van der Waals surface area contributed by atoms with E-state index in [1.807, 2.05) is 12.1 Å². The number of rotatable bonds is 5. The van der Waals surface area contributed by atoms with Crippen molar-refractivity contribution in [3.05, 3.63) is 45.1 Å². The van der Waals surface area contributed by atoms with Crippen molar-refractivity contribution in [3.8, 4) is 0 Å². The van der Waals surface area contributed by atoms with Crippen molar-refractivity contribution >= 4 is 47.3 Å². The van der Waals surface area contributed by atoms with Crippen LogP contribution in [0.2, 0.25) is 0 Å². The van der Waals surface area contributed by atoms with Crippen LogP contribution in [0.3, 0.4) is 0 Å². The molecule has 0 bridgehead atoms. The van der Waals surface area contributed by atoms with Crippen LogP contribution in [0.5, 0.6) is 0 Å². The third kappa shape index (κ3) is 3.94. The minimum absolute atomic E-state index is 0.0121. The highest BCUT2D eigenvalue weighted by Crippen LogP contribution is 2.25. The van der Waals surface area contributed by atoms with E-state index >= 15 is 0 Å². The van der Waals surface area contributed by atoms with E-state index in [9.17, 15) is 16.8 Å². The lowest BCUT2D eigenvalue weighted by Crippen LogP contribution is -2.26. The monoisotopic (exact) mass is 424 g/mol. The standard InChI is InChI=1S/C12H13BrN2O4S3/c1-15(8-9-2-7-12(13)20-9)22(18,19)11-5-3-10(4-6-11)21(14,16)17/h2-7H,8H2,1H3,(H2,14,16,17). The topological polar surface area (TPSA) is 97.5 Å². The fourth-order valence-corrected chi connectivity index (χ4v) is 5.01. The molecule has 0 aliphatic carbocycles. The number of sulfonamides is 2. The molecule has 0 fully saturated rings. The van der Waals surface area contributed by atoms with Crippen molar-refractivity contribution in [2.45, 2.75) is 16.3 Å². The van der Waals surface area contributed by atoms with Crippen molar-refractivity contribution < 1.29 is 16.8 Å². The summed E-state index contributed by atoms with van der Waals surface area (Å²) in [5.41, 5.74) is 0. The van der Waals surface area contributed by atoms with Gasteiger partial charge in [0.25, 0.3) is 0 Å². The maximum atomic E-state index is 12.4. The molecule has 0 aliphatic rings. The van der Waals surface area contributed by atoms with Crippen molar-refractivity contribution in [1.29, 1.82) is 0 Å². The first-order chi connectivity index (χ1) is 10.1. The van der Waals surface area contributed by atoms with Gasteiger partial charge in [0, 0.05) is 18.5 Å². The van der Waals surface area contributed by atoms with E-state index in [0.717, 1.165) is 8.66 Å². The van der Waals surface area contributed by atoms with Crippen LogP contribution in [0, 0.1) is 0 Å². The van der Waals surface area contributed by atoms with Crippen molar-refractivity contribution in [2.24, 2.45) is 5.14 Å². The zero-order chi connectivity index (χ0) is 16.5. The second-order valence-corrected chi connectivity index (χ2v) is 10.6. The number of thiophene rings is 1. The van der Waals surface area contributed by atoms with Gasteiger partial charge in [-0.15, -0.1) is 11.3 Å². The Morgan fingerprint density at radius 2 is 1.59 bits per heavy atom. The normalized spacial score (nSPS) is 12.7. The van der Waals surface area contributed by atoms with Gasteiger partial charge >= 0.3 is 0 Å². The third-order valence-electron chi connectivity index (χ3n) is 2.87. The molecule has 0 amide bonds. The lowest BCUT2D eigenvalue weighted by atomic mass is 10.4. The molecule has 2 N–H and O–H groups in total. The number of hydrogen-bond acceptors (Lipinski definition) is 5. The summed E-state index contributed by atoms with van der Waals surface area (Å²) in [6.07, 6.45) is 0. The van der Waals surface area contributed by atoms with Gasteiger partial charge < -0.3 is 0 Å². The molecule has 0 radical (unpaired) electrons. The third-order valence-corrected chi connectivity index (χ3v) is 7.22. The summed E-state index contributed by atoms with van der Waals surface area (Å²) in [5.74, 6) is 0. The van der Waals surface area contributed by atoms with Gasteiger partial charge in [0.2, 0.25) is 20.0 Å². The molecule has 0 unspecified atom stereocenters. The molecular formula is C12H13BrN2O4S3. The molecule has 0 spiro atoms. The maximum Gasteiger partial charge on any atom is 0.243 e. The quantitative estimate of drug-likeness (QED) is 0.792. The van der Waals surface area contributed by atoms with E-state index in [-0.39, 0.29) is 16.3 Å². The first kappa shape index (κ1) is 17.6. The van der Waals surface area contributed by atoms with E-state index in [1.54, 1.807) is 0 Å². The second kappa shape index (κ2) is 6.38. The molecule has 0 saturated heterocycles. The van der Waals surface area contributed by atoms with Crippen LogP contribution in [0.1, 0.15) is 4.88 Å². The number of nitrogens with zero attached hydrogens (tertiary/aromatic N) is 1. The molecule has 2 rings (SSSR count). The maximum absolute atomic E-state index is 12.4. The molecule has 1 heterocycles. The zero-order valence-electron chi connectivity index (χ0n) is 11.4. The molecule has 120 valence electrons. The van der Waals surface area contributed by atoms with Crippen LogP contribution in [-0.4, -0.2) is 28.2 Å². The van der Waals surface area contributed by atoms with Gasteiger partial charge in [-0.1, -0.05) is 0 Å². The number of hydrogen-bond donors (Lipinski definition) is 1. The van der Waals surface area contributed by atoms with E-state index < -0.39 is 20.0 Å². The molecular weight excluding hydrogens is 412 g/mol. The van der Waals surface area contributed by atoms with E-state index in [4.69, 9.17) is 5.14 Å². The van der Waals surface area contributed by atoms with Gasteiger partial charge in [0.15, 0.2) is 0 Å². The SMILES string of the molecule is CN(Cc1ccc(Br)s1)S(=O)(=O)c1ccc(S(N)(=O)=O)cc1. The van der Waals surface area contributed by atoms with Gasteiger partial charge in [0.1, 0.15) is 0 Å². The summed E-state index contributed by atoms with van der Waals surface area (Å²) >= 11 is 4.77. The van der Waals surface area contributed by atoms with E-state index in [2.05, 4.69) is 15.9 Å². The Hall–Kier alpha value is -0.780. The molecule has 22 heavy (non-hydrogen) atoms. The van der Waals surface area contributed by atoms with Crippen LogP contribution in [0.4, 0.5) is 0 Å². The summed E-state index contributed by atoms with van der Waals surface area (Å²) in [6.45, 7) is 0.232. The van der Waals surface area contributed by atoms with E-state index in [1.165, 1.54) is 47.0 Å². The summed E-state index contributed by atoms with van der Waals surface area (Å²) in [4.78, 5) is 0.772. The molecule has 0 saturated carbocycles. The van der Waals surface area contributed by atoms with Crippen molar-refractivity contribution in [3.63, 3.8) is 0 Å². The minimum Gasteiger partial charge on any atom is -0.225 e. The van der Waals surface area contributed by atoms with Crippen LogP contribution in [0.15, 0.2) is 50.0 Å². The second-order valence-electron chi connectivity index (χ2n) is 4.48. The molecule has 1 aromatic heterocycles. The molecule has 10 heteroatoms. The van der Waals surface area contributed by atoms with Crippen LogP contribution >= 0.6 is 27.3 Å². The lowest BCUT2D eigenvalue weighted by Gasteiger charge is -2.16. The zero-order valence-corrected chi connectivity index (χ0v) is 15.5. The lowest BCUT2D eigenvalue weighted by molar-refractivity contribution is 0.469. The summed E-state index contributed by atoms with van der Waals surface area (Å²) in [5, 5.41) is 4.99. The van der Waals surface area contributed by atoms with Crippen LogP contribution in [-0.2, 0) is 26.6 Å². The van der Waals surface area contributed by atoms with Gasteiger partial charge in [-0.25, -0.2) is 22.0 Å². The molecule has 6 nitrogen and oxygen atoms in total. The van der Waals surface area contributed by atoms with Crippen molar-refractivity contribution in [2.75, 3.05) is 7.05 Å². The first-order valence-electron chi connectivity index (χ1n) is 5.94. The minimum atomic E-state index is -3.84. The Kier molecular flexibility index (Phi) is 5.09. The highest BCUT2D eigenvalue weighted by Gasteiger charge is 2.22. The highest BCUT2D eigenvalue weighted by molar-refractivity contribution is 9.11. The molecule has 0 atom stereocenters. The largest absolute Gasteiger partial charge is 0.243 e. The summed E-state index contributed by atoms with van der Waals surface area (Å²) in [6, 6.07) is 8.51. The van der Waals surface area contributed by atoms with Gasteiger partial charge in [-0.3, -0.25) is 0 Å². The summed E-state index contributed by atoms with van der Waals surface area (Å²) in [7, 11) is -6.08. The first-order valence-corrected chi connectivity index (χ1v) is 10.5. The predicted molar refractivity (Wildman–Crippen MR) is 88.5 cm³/mol. The molecule has 1 aromatic carbocycles. The van der Waals surface area contributed by atoms with Gasteiger partial charge in [0.05, 0.1) is 13.6 Å². The molecule has 0 aliphatic heterocycles. The Morgan fingerprint density at radius 3 is 2.05 bits per heavy atom. The smallest absolute Gasteiger partial charge is 0.225 e. The number of benzene rings is 1. The Morgan fingerprint density at radius 1 is 1.05 bits per heavy atom. The van der Waals surface area contributed by atoms with E-state index in [0.29, 0.717) is 0 Å². The van der Waals surface area contributed by atoms with Crippen molar-refractivity contribution in [1.82, 2.24) is 4.31 Å². The fraction of sp³-hybridized carbons (Fsp3) is 0.167. The average Bonchev–Trinajstić information content (AvgIpc) is 2.83.